The highest BCUT2D eigenvalue weighted by molar-refractivity contribution is 6.04. The van der Waals surface area contributed by atoms with Gasteiger partial charge in [0, 0.05) is 24.9 Å². The number of rotatable bonds is 2. The van der Waals surface area contributed by atoms with Gasteiger partial charge < -0.3 is 10.0 Å². The number of carbonyl (C=O) groups excluding carboxylic acids is 1. The predicted octanol–water partition coefficient (Wildman–Crippen LogP) is 4.13. The molecule has 0 aliphatic rings. The van der Waals surface area contributed by atoms with Gasteiger partial charge in [-0.2, -0.15) is 26.3 Å². The van der Waals surface area contributed by atoms with E-state index in [1.807, 2.05) is 0 Å². The van der Waals surface area contributed by atoms with E-state index in [1.54, 1.807) is 6.07 Å². The van der Waals surface area contributed by atoms with E-state index in [0.29, 0.717) is 16.4 Å². The highest BCUT2D eigenvalue weighted by Gasteiger charge is 2.72. The molecule has 0 atom stereocenters. The first-order valence-electron chi connectivity index (χ1n) is 6.94. The van der Waals surface area contributed by atoms with Crippen molar-refractivity contribution in [2.75, 3.05) is 11.9 Å². The zero-order chi connectivity index (χ0) is 19.2. The van der Waals surface area contributed by atoms with E-state index in [4.69, 9.17) is 0 Å². The molecular formula is C16H13F6NO2. The first kappa shape index (κ1) is 19.0. The van der Waals surface area contributed by atoms with Crippen molar-refractivity contribution in [3.05, 3.63) is 42.0 Å². The van der Waals surface area contributed by atoms with Crippen molar-refractivity contribution < 1.29 is 36.2 Å². The molecule has 0 heterocycles. The summed E-state index contributed by atoms with van der Waals surface area (Å²) in [6, 6.07) is 7.27. The number of aliphatic hydroxyl groups is 1. The average Bonchev–Trinajstić information content (AvgIpc) is 2.50. The molecule has 0 spiro atoms. The van der Waals surface area contributed by atoms with Crippen molar-refractivity contribution in [3.8, 4) is 0 Å². The lowest BCUT2D eigenvalue weighted by molar-refractivity contribution is -0.376. The molecule has 25 heavy (non-hydrogen) atoms. The molecule has 0 saturated carbocycles. The van der Waals surface area contributed by atoms with Crippen LogP contribution in [0.25, 0.3) is 10.8 Å². The van der Waals surface area contributed by atoms with Gasteiger partial charge in [0.15, 0.2) is 0 Å². The maximum absolute atomic E-state index is 13.3. The van der Waals surface area contributed by atoms with Gasteiger partial charge in [-0.25, -0.2) is 0 Å². The van der Waals surface area contributed by atoms with E-state index >= 15 is 0 Å². The van der Waals surface area contributed by atoms with Gasteiger partial charge in [-0.05, 0) is 5.39 Å². The third kappa shape index (κ3) is 2.92. The zero-order valence-electron chi connectivity index (χ0n) is 13.0. The lowest BCUT2D eigenvalue weighted by atomic mass is 9.88. The number of carbonyl (C=O) groups is 1. The molecule has 0 aromatic heterocycles. The molecule has 0 aliphatic carbocycles. The predicted molar refractivity (Wildman–Crippen MR) is 79.0 cm³/mol. The number of hydrogen-bond acceptors (Lipinski definition) is 2. The topological polar surface area (TPSA) is 40.5 Å². The second kappa shape index (κ2) is 5.91. The van der Waals surface area contributed by atoms with Crippen LogP contribution in [-0.4, -0.2) is 30.4 Å². The summed E-state index contributed by atoms with van der Waals surface area (Å²) in [6.07, 6.45) is -12.1. The Morgan fingerprint density at radius 3 is 1.96 bits per heavy atom. The summed E-state index contributed by atoms with van der Waals surface area (Å²) in [4.78, 5) is 12.3. The van der Waals surface area contributed by atoms with Crippen LogP contribution in [0.1, 0.15) is 12.5 Å². The van der Waals surface area contributed by atoms with Crippen LogP contribution in [0.2, 0.25) is 0 Å². The molecule has 0 fully saturated rings. The van der Waals surface area contributed by atoms with Crippen molar-refractivity contribution in [1.29, 1.82) is 0 Å². The first-order chi connectivity index (χ1) is 11.3. The molecule has 0 bridgehead atoms. The Balaban J connectivity index is 2.98. The standard InChI is InChI=1S/C16H13F6NO2/c1-9(24)23(2)13-11-6-4-3-5-10(11)7-8-12(13)14(25,15(17,18)19)16(20,21)22/h3-8,25H,1-2H3. The number of nitrogens with zero attached hydrogens (tertiary/aromatic N) is 1. The molecule has 3 nitrogen and oxygen atoms in total. The second-order valence-electron chi connectivity index (χ2n) is 5.47. The Bertz CT molecular complexity index is 798. The fourth-order valence-corrected chi connectivity index (χ4v) is 2.53. The quantitative estimate of drug-likeness (QED) is 0.813. The summed E-state index contributed by atoms with van der Waals surface area (Å²) in [6.45, 7) is 0.992. The molecule has 1 N–H and O–H groups in total. The van der Waals surface area contributed by atoms with Gasteiger partial charge in [0.2, 0.25) is 5.91 Å². The van der Waals surface area contributed by atoms with Crippen LogP contribution in [-0.2, 0) is 10.4 Å². The number of halogens is 6. The molecular weight excluding hydrogens is 352 g/mol. The lowest BCUT2D eigenvalue weighted by Crippen LogP contribution is -2.54. The Hall–Kier alpha value is -2.29. The van der Waals surface area contributed by atoms with E-state index in [2.05, 4.69) is 0 Å². The average molecular weight is 365 g/mol. The highest BCUT2D eigenvalue weighted by atomic mass is 19.4. The maximum Gasteiger partial charge on any atom is 0.430 e. The van der Waals surface area contributed by atoms with Gasteiger partial charge in [-0.3, -0.25) is 4.79 Å². The molecule has 2 aromatic rings. The number of hydrogen-bond donors (Lipinski definition) is 1. The summed E-state index contributed by atoms with van der Waals surface area (Å²) in [5.74, 6) is -0.788. The van der Waals surface area contributed by atoms with E-state index in [0.717, 1.165) is 20.0 Å². The number of benzene rings is 2. The summed E-state index contributed by atoms with van der Waals surface area (Å²) in [7, 11) is 1.04. The van der Waals surface area contributed by atoms with Crippen molar-refractivity contribution in [2.24, 2.45) is 0 Å². The molecule has 9 heteroatoms. The van der Waals surface area contributed by atoms with Gasteiger partial charge in [-0.1, -0.05) is 36.4 Å². The Labute approximate surface area is 138 Å². The van der Waals surface area contributed by atoms with Crippen LogP contribution in [0.4, 0.5) is 32.0 Å². The van der Waals surface area contributed by atoms with Crippen LogP contribution in [0, 0.1) is 0 Å². The van der Waals surface area contributed by atoms with Crippen LogP contribution in [0.3, 0.4) is 0 Å². The molecule has 2 aromatic carbocycles. The van der Waals surface area contributed by atoms with Gasteiger partial charge >= 0.3 is 12.4 Å². The largest absolute Gasteiger partial charge is 0.430 e. The fraction of sp³-hybridized carbons (Fsp3) is 0.312. The molecule has 136 valence electrons. The van der Waals surface area contributed by atoms with Crippen LogP contribution in [0.5, 0.6) is 0 Å². The number of alkyl halides is 6. The fourth-order valence-electron chi connectivity index (χ4n) is 2.53. The van der Waals surface area contributed by atoms with Crippen LogP contribution >= 0.6 is 0 Å². The second-order valence-corrected chi connectivity index (χ2v) is 5.47. The van der Waals surface area contributed by atoms with Gasteiger partial charge in [0.25, 0.3) is 5.60 Å². The first-order valence-corrected chi connectivity index (χ1v) is 6.94. The summed E-state index contributed by atoms with van der Waals surface area (Å²) >= 11 is 0. The van der Waals surface area contributed by atoms with Crippen molar-refractivity contribution in [1.82, 2.24) is 0 Å². The van der Waals surface area contributed by atoms with E-state index in [-0.39, 0.29) is 5.39 Å². The van der Waals surface area contributed by atoms with E-state index in [9.17, 15) is 36.2 Å². The Morgan fingerprint density at radius 2 is 1.48 bits per heavy atom. The SMILES string of the molecule is CC(=O)N(C)c1c(C(O)(C(F)(F)F)C(F)(F)F)ccc2ccccc12. The Morgan fingerprint density at radius 1 is 0.960 bits per heavy atom. The minimum atomic E-state index is -6.04. The smallest absolute Gasteiger partial charge is 0.369 e. The Kier molecular flexibility index (Phi) is 4.50. The van der Waals surface area contributed by atoms with Gasteiger partial charge in [0.1, 0.15) is 0 Å². The number of fused-ring (bicyclic) bond motifs is 1. The van der Waals surface area contributed by atoms with Gasteiger partial charge in [0.05, 0.1) is 5.69 Å². The third-order valence-electron chi connectivity index (χ3n) is 3.92. The summed E-state index contributed by atoms with van der Waals surface area (Å²) in [5, 5.41) is 10.0. The van der Waals surface area contributed by atoms with Crippen molar-refractivity contribution in [2.45, 2.75) is 24.9 Å². The van der Waals surface area contributed by atoms with Crippen molar-refractivity contribution in [3.63, 3.8) is 0 Å². The van der Waals surface area contributed by atoms with Gasteiger partial charge in [-0.15, -0.1) is 0 Å². The molecule has 0 aliphatic heterocycles. The van der Waals surface area contributed by atoms with Crippen molar-refractivity contribution >= 4 is 22.4 Å². The normalized spacial score (nSPS) is 13.2. The minimum Gasteiger partial charge on any atom is -0.369 e. The maximum atomic E-state index is 13.3. The highest BCUT2D eigenvalue weighted by Crippen LogP contribution is 2.53. The van der Waals surface area contributed by atoms with Crippen LogP contribution < -0.4 is 4.90 Å². The minimum absolute atomic E-state index is 0.0235. The van der Waals surface area contributed by atoms with E-state index < -0.39 is 35.1 Å². The number of anilines is 1. The monoisotopic (exact) mass is 365 g/mol. The summed E-state index contributed by atoms with van der Waals surface area (Å²) in [5.41, 5.74) is -7.23. The summed E-state index contributed by atoms with van der Waals surface area (Å²) < 4.78 is 79.5. The molecule has 1 amide bonds. The third-order valence-corrected chi connectivity index (χ3v) is 3.92. The number of amides is 1. The van der Waals surface area contributed by atoms with E-state index in [1.165, 1.54) is 18.2 Å². The molecule has 2 rings (SSSR count). The molecule has 0 unspecified atom stereocenters. The molecule has 0 radical (unpaired) electrons. The lowest BCUT2D eigenvalue weighted by Gasteiger charge is -2.35. The molecule has 0 saturated heterocycles. The van der Waals surface area contributed by atoms with Crippen LogP contribution in [0.15, 0.2) is 36.4 Å². The zero-order valence-corrected chi connectivity index (χ0v) is 13.0.